The molecule has 5 atom stereocenters. The molecular formula is C33H47N5O6. The number of nitrogens with one attached hydrogen (secondary N) is 3. The largest absolute Gasteiger partial charge is 0.444 e. The van der Waals surface area contributed by atoms with Gasteiger partial charge in [-0.3, -0.25) is 24.1 Å². The third-order valence-corrected chi connectivity index (χ3v) is 8.08. The van der Waals surface area contributed by atoms with Gasteiger partial charge < -0.3 is 25.6 Å². The van der Waals surface area contributed by atoms with Crippen LogP contribution in [0.15, 0.2) is 24.3 Å². The first-order valence-corrected chi connectivity index (χ1v) is 15.1. The molecule has 2 unspecified atom stereocenters. The van der Waals surface area contributed by atoms with E-state index < -0.39 is 59.0 Å². The summed E-state index contributed by atoms with van der Waals surface area (Å²) >= 11 is 0. The first-order chi connectivity index (χ1) is 20.4. The average Bonchev–Trinajstić information content (AvgIpc) is 3.37. The van der Waals surface area contributed by atoms with E-state index in [9.17, 15) is 24.0 Å². The maximum atomic E-state index is 14.2. The molecule has 240 valence electrons. The maximum Gasteiger partial charge on any atom is 0.410 e. The van der Waals surface area contributed by atoms with Gasteiger partial charge in [0, 0.05) is 19.6 Å². The number of amides is 5. The van der Waals surface area contributed by atoms with E-state index in [1.165, 1.54) is 22.4 Å². The second kappa shape index (κ2) is 13.7. The summed E-state index contributed by atoms with van der Waals surface area (Å²) in [7, 11) is 1.45. The number of hydrogen-bond acceptors (Lipinski definition) is 6. The summed E-state index contributed by atoms with van der Waals surface area (Å²) in [5.74, 6) is 0.0237. The molecule has 1 heterocycles. The molecule has 5 amide bonds. The number of likely N-dealkylation sites (N-methyl/N-ethyl adjacent to an activating group) is 1. The average molecular weight is 610 g/mol. The third kappa shape index (κ3) is 8.52. The lowest BCUT2D eigenvalue weighted by molar-refractivity contribution is -0.144. The molecule has 11 heteroatoms. The molecule has 3 rings (SSSR count). The van der Waals surface area contributed by atoms with Crippen molar-refractivity contribution >= 4 is 29.7 Å². The smallest absolute Gasteiger partial charge is 0.410 e. The standard InChI is InChI=1S/C33H47N5O6/c1-10-26(39)34-22-18-25(29(41)35-24-17-13-15-21-14-11-12-16-23(21)24)38(19-22)30(42)27(32(3,4)5)36-28(40)20(2)37(9)31(43)44-33(6,7)8/h1,11-12,14,16,20,22,24-25,27H,13,15,17-19H2,2-9H3,(H,34,39)(H,35,41)(H,36,40)/t20-,22?,24+,25-,27?/m0/s1. The van der Waals surface area contributed by atoms with Crippen LogP contribution in [0.25, 0.3) is 0 Å². The molecule has 0 aromatic heterocycles. The number of benzene rings is 1. The zero-order chi connectivity index (χ0) is 33.0. The Kier molecular flexibility index (Phi) is 10.7. The van der Waals surface area contributed by atoms with Gasteiger partial charge in [0.25, 0.3) is 5.91 Å². The van der Waals surface area contributed by atoms with Crippen LogP contribution >= 0.6 is 0 Å². The second-order valence-electron chi connectivity index (χ2n) is 13.8. The Hall–Kier alpha value is -4.07. The zero-order valence-electron chi connectivity index (χ0n) is 27.2. The van der Waals surface area contributed by atoms with E-state index in [0.29, 0.717) is 0 Å². The molecule has 0 bridgehead atoms. The van der Waals surface area contributed by atoms with Crippen LogP contribution in [0.1, 0.15) is 84.9 Å². The Morgan fingerprint density at radius 2 is 1.73 bits per heavy atom. The van der Waals surface area contributed by atoms with Crippen molar-refractivity contribution < 1.29 is 28.7 Å². The van der Waals surface area contributed by atoms with Crippen molar-refractivity contribution in [1.82, 2.24) is 25.8 Å². The van der Waals surface area contributed by atoms with Crippen molar-refractivity contribution in [2.75, 3.05) is 13.6 Å². The highest BCUT2D eigenvalue weighted by molar-refractivity contribution is 5.96. The number of ether oxygens (including phenoxy) is 1. The summed E-state index contributed by atoms with van der Waals surface area (Å²) in [4.78, 5) is 68.7. The van der Waals surface area contributed by atoms with Crippen molar-refractivity contribution in [3.63, 3.8) is 0 Å². The SMILES string of the molecule is C#CC(=O)NC1C[C@@H](C(=O)N[C@@H]2CCCc3ccccc32)N(C(=O)C(NC(=O)[C@H](C)N(C)C(=O)OC(C)(C)C)C(C)(C)C)C1. The van der Waals surface area contributed by atoms with Gasteiger partial charge >= 0.3 is 6.09 Å². The minimum Gasteiger partial charge on any atom is -0.444 e. The van der Waals surface area contributed by atoms with E-state index in [1.54, 1.807) is 48.5 Å². The molecular weight excluding hydrogens is 562 g/mol. The molecule has 44 heavy (non-hydrogen) atoms. The topological polar surface area (TPSA) is 137 Å². The van der Waals surface area contributed by atoms with Crippen molar-refractivity contribution in [3.8, 4) is 12.3 Å². The number of rotatable bonds is 7. The molecule has 0 saturated carbocycles. The highest BCUT2D eigenvalue weighted by Gasteiger charge is 2.46. The van der Waals surface area contributed by atoms with Gasteiger partial charge in [-0.2, -0.15) is 0 Å². The molecule has 2 aliphatic rings. The molecule has 1 saturated heterocycles. The predicted molar refractivity (Wildman–Crippen MR) is 166 cm³/mol. The molecule has 1 aliphatic heterocycles. The van der Waals surface area contributed by atoms with Gasteiger partial charge in [0.05, 0.1) is 6.04 Å². The van der Waals surface area contributed by atoms with Gasteiger partial charge in [-0.05, 0) is 75.8 Å². The number of hydrogen-bond donors (Lipinski definition) is 3. The van der Waals surface area contributed by atoms with Gasteiger partial charge in [0.15, 0.2) is 0 Å². The van der Waals surface area contributed by atoms with Gasteiger partial charge in [-0.25, -0.2) is 4.79 Å². The quantitative estimate of drug-likeness (QED) is 0.407. The Morgan fingerprint density at radius 1 is 1.07 bits per heavy atom. The maximum absolute atomic E-state index is 14.2. The number of aryl methyl sites for hydroxylation is 1. The summed E-state index contributed by atoms with van der Waals surface area (Å²) in [5.41, 5.74) is 0.731. The third-order valence-electron chi connectivity index (χ3n) is 8.08. The van der Waals surface area contributed by atoms with E-state index in [2.05, 4.69) is 22.0 Å². The molecule has 1 aromatic rings. The van der Waals surface area contributed by atoms with Crippen LogP contribution in [0.5, 0.6) is 0 Å². The molecule has 1 aliphatic carbocycles. The summed E-state index contributed by atoms with van der Waals surface area (Å²) in [6, 6.07) is 4.34. The lowest BCUT2D eigenvalue weighted by Crippen LogP contribution is -2.60. The van der Waals surface area contributed by atoms with Crippen molar-refractivity contribution in [1.29, 1.82) is 0 Å². The summed E-state index contributed by atoms with van der Waals surface area (Å²) in [5, 5.41) is 8.67. The van der Waals surface area contributed by atoms with E-state index >= 15 is 0 Å². The van der Waals surface area contributed by atoms with Crippen LogP contribution in [0.4, 0.5) is 4.79 Å². The first kappa shape index (κ1) is 34.4. The summed E-state index contributed by atoms with van der Waals surface area (Å²) in [6.07, 6.45) is 7.39. The van der Waals surface area contributed by atoms with Gasteiger partial charge in [0.1, 0.15) is 23.7 Å². The lowest BCUT2D eigenvalue weighted by Gasteiger charge is -2.37. The van der Waals surface area contributed by atoms with Crippen LogP contribution in [-0.4, -0.2) is 82.9 Å². The fourth-order valence-electron chi connectivity index (χ4n) is 5.58. The highest BCUT2D eigenvalue weighted by Crippen LogP contribution is 2.31. The van der Waals surface area contributed by atoms with Crippen molar-refractivity contribution in [2.24, 2.45) is 5.41 Å². The Balaban J connectivity index is 1.84. The van der Waals surface area contributed by atoms with E-state index in [4.69, 9.17) is 11.2 Å². The fraction of sp³-hybridized carbons (Fsp3) is 0.606. The number of carbonyl (C=O) groups excluding carboxylic acids is 5. The molecule has 1 fully saturated rings. The normalized spacial score (nSPS) is 21.2. The molecule has 1 aromatic carbocycles. The number of terminal acetylenes is 1. The molecule has 11 nitrogen and oxygen atoms in total. The van der Waals surface area contributed by atoms with Crippen LogP contribution in [0, 0.1) is 17.8 Å². The van der Waals surface area contributed by atoms with Gasteiger partial charge in [-0.1, -0.05) is 45.0 Å². The molecule has 0 spiro atoms. The monoisotopic (exact) mass is 609 g/mol. The van der Waals surface area contributed by atoms with Crippen LogP contribution in [0.3, 0.4) is 0 Å². The van der Waals surface area contributed by atoms with E-state index in [-0.39, 0.29) is 24.9 Å². The highest BCUT2D eigenvalue weighted by atomic mass is 16.6. The summed E-state index contributed by atoms with van der Waals surface area (Å²) < 4.78 is 5.39. The lowest BCUT2D eigenvalue weighted by atomic mass is 9.85. The number of carbonyl (C=O) groups is 5. The second-order valence-corrected chi connectivity index (χ2v) is 13.8. The minimum atomic E-state index is -1.04. The van der Waals surface area contributed by atoms with Crippen molar-refractivity contribution in [3.05, 3.63) is 35.4 Å². The van der Waals surface area contributed by atoms with Crippen LogP contribution in [0.2, 0.25) is 0 Å². The first-order valence-electron chi connectivity index (χ1n) is 15.1. The van der Waals surface area contributed by atoms with Gasteiger partial charge in [-0.15, -0.1) is 6.42 Å². The van der Waals surface area contributed by atoms with Crippen LogP contribution in [-0.2, 0) is 30.3 Å². The Bertz CT molecular complexity index is 1310. The van der Waals surface area contributed by atoms with E-state index in [1.807, 2.05) is 24.1 Å². The zero-order valence-corrected chi connectivity index (χ0v) is 27.2. The number of fused-ring (bicyclic) bond motifs is 1. The Labute approximate surface area is 260 Å². The number of nitrogens with zero attached hydrogens (tertiary/aromatic N) is 2. The van der Waals surface area contributed by atoms with E-state index in [0.717, 1.165) is 24.8 Å². The van der Waals surface area contributed by atoms with Gasteiger partial charge in [0.2, 0.25) is 17.7 Å². The number of likely N-dealkylation sites (tertiary alicyclic amines) is 1. The predicted octanol–water partition coefficient (Wildman–Crippen LogP) is 2.69. The minimum absolute atomic E-state index is 0.0431. The summed E-state index contributed by atoms with van der Waals surface area (Å²) in [6.45, 7) is 12.2. The van der Waals surface area contributed by atoms with Crippen molar-refractivity contribution in [2.45, 2.75) is 110 Å². The molecule has 0 radical (unpaired) electrons. The Morgan fingerprint density at radius 3 is 2.34 bits per heavy atom. The fourth-order valence-corrected chi connectivity index (χ4v) is 5.58. The molecule has 3 N–H and O–H groups in total. The van der Waals surface area contributed by atoms with Crippen LogP contribution < -0.4 is 16.0 Å².